The molecule has 2 atom stereocenters. The molecular formula is C13H16N4O3. The Kier molecular flexibility index (Phi) is 4.41. The van der Waals surface area contributed by atoms with Gasteiger partial charge in [-0.15, -0.1) is 5.11 Å². The molecular weight excluding hydrogens is 260 g/mol. The van der Waals surface area contributed by atoms with Crippen molar-refractivity contribution in [2.75, 3.05) is 0 Å². The maximum Gasteiger partial charge on any atom is 0.342 e. The molecule has 0 fully saturated rings. The van der Waals surface area contributed by atoms with E-state index in [1.165, 1.54) is 4.68 Å². The van der Waals surface area contributed by atoms with Crippen LogP contribution >= 0.6 is 0 Å². The topological polar surface area (TPSA) is 97.9 Å². The minimum Gasteiger partial charge on any atom is -0.775 e. The smallest absolute Gasteiger partial charge is 0.342 e. The number of nitrogens with zero attached hydrogens (tertiary/aromatic N) is 4. The summed E-state index contributed by atoms with van der Waals surface area (Å²) in [6.45, 7) is 3.70. The van der Waals surface area contributed by atoms with Gasteiger partial charge in [-0.1, -0.05) is 37.3 Å². The SMILES string of the molecule is CCc1c(/N=N/[O-])on[n+]1C(C)C(O)c1ccccc1. The zero-order valence-corrected chi connectivity index (χ0v) is 11.3. The quantitative estimate of drug-likeness (QED) is 0.515. The molecule has 0 spiro atoms. The summed E-state index contributed by atoms with van der Waals surface area (Å²) < 4.78 is 6.51. The van der Waals surface area contributed by atoms with Crippen LogP contribution in [-0.2, 0) is 6.42 Å². The molecule has 1 N–H and O–H groups in total. The standard InChI is InChI=1S/C13H16N4O3/c1-3-11-13(14-15-19)20-16-17(11)9(2)12(18)10-7-5-4-6-8-10/h4-9,12,18H,3H2,1-2H3. The number of rotatable bonds is 5. The molecule has 0 radical (unpaired) electrons. The van der Waals surface area contributed by atoms with Gasteiger partial charge in [0, 0.05) is 13.3 Å². The third-order valence-corrected chi connectivity index (χ3v) is 3.19. The zero-order valence-electron chi connectivity index (χ0n) is 11.3. The summed E-state index contributed by atoms with van der Waals surface area (Å²) in [7, 11) is 0. The summed E-state index contributed by atoms with van der Waals surface area (Å²) >= 11 is 0. The molecule has 0 saturated carbocycles. The predicted octanol–water partition coefficient (Wildman–Crippen LogP) is 2.40. The Hall–Kier alpha value is -2.28. The third kappa shape index (κ3) is 2.67. The summed E-state index contributed by atoms with van der Waals surface area (Å²) in [6, 6.07) is 8.92. The minimum absolute atomic E-state index is 0.0783. The van der Waals surface area contributed by atoms with Gasteiger partial charge in [-0.05, 0) is 10.2 Å². The van der Waals surface area contributed by atoms with Crippen molar-refractivity contribution in [1.29, 1.82) is 0 Å². The maximum absolute atomic E-state index is 10.4. The van der Waals surface area contributed by atoms with E-state index >= 15 is 0 Å². The highest BCUT2D eigenvalue weighted by Gasteiger charge is 2.33. The van der Waals surface area contributed by atoms with Gasteiger partial charge in [0.1, 0.15) is 6.10 Å². The van der Waals surface area contributed by atoms with E-state index in [2.05, 4.69) is 15.7 Å². The second-order valence-electron chi connectivity index (χ2n) is 4.40. The molecule has 1 aromatic heterocycles. The molecule has 7 heteroatoms. The summed E-state index contributed by atoms with van der Waals surface area (Å²) in [5, 5.41) is 30.2. The van der Waals surface area contributed by atoms with Crippen LogP contribution in [0.5, 0.6) is 0 Å². The molecule has 2 unspecified atom stereocenters. The summed E-state index contributed by atoms with van der Waals surface area (Å²) in [6.07, 6.45) is -0.183. The van der Waals surface area contributed by atoms with E-state index in [0.717, 1.165) is 5.56 Å². The molecule has 2 rings (SSSR count). The molecule has 0 aliphatic heterocycles. The molecule has 2 aromatic rings. The monoisotopic (exact) mass is 276 g/mol. The average Bonchev–Trinajstić information content (AvgIpc) is 2.89. The van der Waals surface area contributed by atoms with Crippen molar-refractivity contribution in [1.82, 2.24) is 5.27 Å². The Morgan fingerprint density at radius 2 is 2.10 bits per heavy atom. The fourth-order valence-corrected chi connectivity index (χ4v) is 2.09. The Morgan fingerprint density at radius 3 is 2.70 bits per heavy atom. The van der Waals surface area contributed by atoms with Crippen LogP contribution in [-0.4, -0.2) is 10.4 Å². The van der Waals surface area contributed by atoms with Crippen LogP contribution in [0.2, 0.25) is 0 Å². The van der Waals surface area contributed by atoms with Gasteiger partial charge in [0.2, 0.25) is 11.3 Å². The van der Waals surface area contributed by atoms with Gasteiger partial charge in [-0.3, -0.25) is 4.52 Å². The molecule has 0 aliphatic rings. The number of hydrogen-bond donors (Lipinski definition) is 1. The highest BCUT2D eigenvalue weighted by molar-refractivity contribution is 5.23. The molecule has 20 heavy (non-hydrogen) atoms. The van der Waals surface area contributed by atoms with Gasteiger partial charge < -0.3 is 10.3 Å². The van der Waals surface area contributed by atoms with E-state index < -0.39 is 6.10 Å². The van der Waals surface area contributed by atoms with E-state index in [1.54, 1.807) is 0 Å². The first-order valence-electron chi connectivity index (χ1n) is 6.35. The van der Waals surface area contributed by atoms with E-state index in [1.807, 2.05) is 44.2 Å². The number of benzene rings is 1. The van der Waals surface area contributed by atoms with Crippen LogP contribution in [0.25, 0.3) is 0 Å². The van der Waals surface area contributed by atoms with Gasteiger partial charge >= 0.3 is 5.88 Å². The Bertz CT molecular complexity index is 583. The Morgan fingerprint density at radius 1 is 1.40 bits per heavy atom. The lowest BCUT2D eigenvalue weighted by atomic mass is 10.0. The highest BCUT2D eigenvalue weighted by atomic mass is 16.5. The van der Waals surface area contributed by atoms with E-state index in [-0.39, 0.29) is 11.9 Å². The van der Waals surface area contributed by atoms with Gasteiger partial charge in [0.05, 0.1) is 0 Å². The van der Waals surface area contributed by atoms with Crippen molar-refractivity contribution in [3.63, 3.8) is 0 Å². The van der Waals surface area contributed by atoms with Crippen LogP contribution < -0.4 is 4.68 Å². The first-order chi connectivity index (χ1) is 9.69. The molecule has 0 saturated heterocycles. The molecule has 0 bridgehead atoms. The molecule has 106 valence electrons. The van der Waals surface area contributed by atoms with E-state index in [9.17, 15) is 10.3 Å². The summed E-state index contributed by atoms with van der Waals surface area (Å²) in [5.74, 6) is 0.0783. The van der Waals surface area contributed by atoms with Crippen molar-refractivity contribution < 1.29 is 14.3 Å². The van der Waals surface area contributed by atoms with Crippen LogP contribution in [0.3, 0.4) is 0 Å². The number of aliphatic hydroxyl groups is 1. The van der Waals surface area contributed by atoms with Gasteiger partial charge in [0.15, 0.2) is 0 Å². The van der Waals surface area contributed by atoms with Crippen molar-refractivity contribution in [2.45, 2.75) is 32.4 Å². The van der Waals surface area contributed by atoms with Crippen molar-refractivity contribution in [3.05, 3.63) is 46.8 Å². The molecule has 1 aromatic carbocycles. The van der Waals surface area contributed by atoms with Crippen molar-refractivity contribution in [2.24, 2.45) is 10.4 Å². The average molecular weight is 276 g/mol. The van der Waals surface area contributed by atoms with Gasteiger partial charge in [-0.2, -0.15) is 0 Å². The number of hydrogen-bond acceptors (Lipinski definition) is 6. The lowest BCUT2D eigenvalue weighted by molar-refractivity contribution is -0.794. The van der Waals surface area contributed by atoms with Crippen molar-refractivity contribution in [3.8, 4) is 0 Å². The van der Waals surface area contributed by atoms with Crippen LogP contribution in [0.1, 0.15) is 37.3 Å². The maximum atomic E-state index is 10.4. The Balaban J connectivity index is 2.31. The second kappa shape index (κ2) is 6.25. The fourth-order valence-electron chi connectivity index (χ4n) is 2.09. The van der Waals surface area contributed by atoms with Gasteiger partial charge in [-0.25, -0.2) is 5.28 Å². The molecule has 1 heterocycles. The summed E-state index contributed by atoms with van der Waals surface area (Å²) in [4.78, 5) is 0. The van der Waals surface area contributed by atoms with Crippen LogP contribution in [0, 0.1) is 5.21 Å². The van der Waals surface area contributed by atoms with Gasteiger partial charge in [0.25, 0.3) is 5.69 Å². The second-order valence-corrected chi connectivity index (χ2v) is 4.40. The van der Waals surface area contributed by atoms with E-state index in [0.29, 0.717) is 12.1 Å². The molecule has 0 aliphatic carbocycles. The minimum atomic E-state index is -0.742. The van der Waals surface area contributed by atoms with E-state index in [4.69, 9.17) is 4.52 Å². The van der Waals surface area contributed by atoms with Crippen LogP contribution in [0.4, 0.5) is 5.88 Å². The Labute approximate surface area is 116 Å². The first-order valence-corrected chi connectivity index (χ1v) is 6.35. The zero-order chi connectivity index (χ0) is 14.5. The largest absolute Gasteiger partial charge is 0.775 e. The van der Waals surface area contributed by atoms with Crippen molar-refractivity contribution >= 4 is 5.88 Å². The number of aliphatic hydroxyl groups excluding tert-OH is 1. The molecule has 0 amide bonds. The fraction of sp³-hybridized carbons (Fsp3) is 0.385. The molecule has 7 nitrogen and oxygen atoms in total. The predicted molar refractivity (Wildman–Crippen MR) is 70.1 cm³/mol. The number of aromatic nitrogens is 2. The highest BCUT2D eigenvalue weighted by Crippen LogP contribution is 2.24. The lowest BCUT2D eigenvalue weighted by Crippen LogP contribution is -2.45. The lowest BCUT2D eigenvalue weighted by Gasteiger charge is -2.12. The third-order valence-electron chi connectivity index (χ3n) is 3.19. The first kappa shape index (κ1) is 14.1. The van der Waals surface area contributed by atoms with Crippen LogP contribution in [0.15, 0.2) is 45.2 Å². The normalized spacial score (nSPS) is 14.6. The summed E-state index contributed by atoms with van der Waals surface area (Å²) in [5.41, 5.74) is 1.40.